The number of rotatable bonds is 4. The van der Waals surface area contributed by atoms with E-state index < -0.39 is 4.92 Å². The number of H-pyrrole nitrogens is 1. The van der Waals surface area contributed by atoms with Gasteiger partial charge in [0.15, 0.2) is 0 Å². The van der Waals surface area contributed by atoms with E-state index >= 15 is 0 Å². The Morgan fingerprint density at radius 1 is 1.47 bits per heavy atom. The molecular formula is C13H16N4O2. The fourth-order valence-electron chi connectivity index (χ4n) is 2.01. The number of nitrogens with zero attached hydrogens (tertiary/aromatic N) is 2. The van der Waals surface area contributed by atoms with Gasteiger partial charge in [-0.15, -0.1) is 0 Å². The summed E-state index contributed by atoms with van der Waals surface area (Å²) in [6.07, 6.45) is 0.778. The van der Waals surface area contributed by atoms with Crippen LogP contribution >= 0.6 is 0 Å². The molecule has 0 spiro atoms. The van der Waals surface area contributed by atoms with Crippen LogP contribution in [-0.4, -0.2) is 15.1 Å². The first-order valence-corrected chi connectivity index (χ1v) is 6.06. The van der Waals surface area contributed by atoms with Crippen LogP contribution in [0.2, 0.25) is 0 Å². The molecule has 3 N–H and O–H groups in total. The quantitative estimate of drug-likeness (QED) is 0.652. The third-order valence-electron chi connectivity index (χ3n) is 2.86. The summed E-state index contributed by atoms with van der Waals surface area (Å²) < 4.78 is 0. The molecule has 0 saturated carbocycles. The maximum atomic E-state index is 10.8. The predicted molar refractivity (Wildman–Crippen MR) is 73.6 cm³/mol. The second kappa shape index (κ2) is 5.09. The van der Waals surface area contributed by atoms with Gasteiger partial charge >= 0.3 is 0 Å². The van der Waals surface area contributed by atoms with Gasteiger partial charge in [-0.2, -0.15) is 5.10 Å². The van der Waals surface area contributed by atoms with E-state index in [1.807, 2.05) is 6.07 Å². The highest BCUT2D eigenvalue weighted by molar-refractivity contribution is 5.69. The van der Waals surface area contributed by atoms with Crippen molar-refractivity contribution in [1.82, 2.24) is 10.2 Å². The summed E-state index contributed by atoms with van der Waals surface area (Å²) in [5.74, 6) is 0.882. The van der Waals surface area contributed by atoms with Gasteiger partial charge in [0.1, 0.15) is 5.82 Å². The number of aromatic amines is 1. The molecule has 6 heteroatoms. The van der Waals surface area contributed by atoms with Crippen LogP contribution in [0.5, 0.6) is 0 Å². The molecule has 1 aromatic carbocycles. The molecule has 0 radical (unpaired) electrons. The first kappa shape index (κ1) is 13.1. The number of nitro benzene ring substituents is 1. The molecule has 0 bridgehead atoms. The molecule has 100 valence electrons. The fraction of sp³-hybridized carbons (Fsp3) is 0.308. The molecule has 0 atom stereocenters. The fourth-order valence-corrected chi connectivity index (χ4v) is 2.01. The van der Waals surface area contributed by atoms with E-state index in [1.165, 1.54) is 12.1 Å². The van der Waals surface area contributed by atoms with Gasteiger partial charge in [0.25, 0.3) is 5.69 Å². The van der Waals surface area contributed by atoms with Crippen molar-refractivity contribution >= 4 is 11.5 Å². The van der Waals surface area contributed by atoms with Crippen LogP contribution in [0.15, 0.2) is 24.3 Å². The van der Waals surface area contributed by atoms with Gasteiger partial charge in [0.05, 0.1) is 10.6 Å². The maximum absolute atomic E-state index is 10.8. The first-order chi connectivity index (χ1) is 8.99. The summed E-state index contributed by atoms with van der Waals surface area (Å²) >= 11 is 0. The third-order valence-corrected chi connectivity index (χ3v) is 2.86. The number of non-ortho nitro benzene ring substituents is 1. The Balaban J connectivity index is 2.47. The molecule has 1 heterocycles. The molecule has 2 rings (SSSR count). The standard InChI is InChI=1S/C13H16N4O2/c1-8(2)6-11-12(15-16-13(11)14)9-4-3-5-10(7-9)17(18)19/h3-5,7-8H,6H2,1-2H3,(H3,14,15,16). The number of hydrogen-bond acceptors (Lipinski definition) is 4. The Labute approximate surface area is 110 Å². The van der Waals surface area contributed by atoms with Crippen molar-refractivity contribution in [2.45, 2.75) is 20.3 Å². The summed E-state index contributed by atoms with van der Waals surface area (Å²) in [5.41, 5.74) is 8.31. The Bertz CT molecular complexity index is 604. The van der Waals surface area contributed by atoms with Crippen LogP contribution in [0.25, 0.3) is 11.3 Å². The van der Waals surface area contributed by atoms with Crippen LogP contribution in [0.4, 0.5) is 11.5 Å². The molecular weight excluding hydrogens is 244 g/mol. The number of nitrogens with two attached hydrogens (primary N) is 1. The van der Waals surface area contributed by atoms with Crippen LogP contribution in [-0.2, 0) is 6.42 Å². The van der Waals surface area contributed by atoms with E-state index in [-0.39, 0.29) is 5.69 Å². The monoisotopic (exact) mass is 260 g/mol. The van der Waals surface area contributed by atoms with Gasteiger partial charge in [0, 0.05) is 23.3 Å². The molecule has 0 aliphatic carbocycles. The lowest BCUT2D eigenvalue weighted by atomic mass is 9.99. The first-order valence-electron chi connectivity index (χ1n) is 6.06. The maximum Gasteiger partial charge on any atom is 0.270 e. The van der Waals surface area contributed by atoms with Crippen molar-refractivity contribution in [3.8, 4) is 11.3 Å². The largest absolute Gasteiger partial charge is 0.382 e. The Morgan fingerprint density at radius 2 is 2.21 bits per heavy atom. The Morgan fingerprint density at radius 3 is 2.84 bits per heavy atom. The van der Waals surface area contributed by atoms with Gasteiger partial charge in [-0.3, -0.25) is 15.2 Å². The molecule has 0 aliphatic heterocycles. The normalized spacial score (nSPS) is 10.9. The molecule has 0 saturated heterocycles. The average Bonchev–Trinajstić information content (AvgIpc) is 2.71. The number of nitrogen functional groups attached to an aromatic ring is 1. The summed E-state index contributed by atoms with van der Waals surface area (Å²) in [4.78, 5) is 10.4. The predicted octanol–water partition coefficient (Wildman–Crippen LogP) is 2.77. The van der Waals surface area contributed by atoms with E-state index in [4.69, 9.17) is 5.73 Å². The van der Waals surface area contributed by atoms with Crippen molar-refractivity contribution in [2.24, 2.45) is 5.92 Å². The van der Waals surface area contributed by atoms with Crippen molar-refractivity contribution < 1.29 is 4.92 Å². The van der Waals surface area contributed by atoms with E-state index in [0.29, 0.717) is 11.7 Å². The second-order valence-corrected chi connectivity index (χ2v) is 4.87. The smallest absolute Gasteiger partial charge is 0.270 e. The van der Waals surface area contributed by atoms with E-state index in [0.717, 1.165) is 23.2 Å². The van der Waals surface area contributed by atoms with E-state index in [1.54, 1.807) is 6.07 Å². The summed E-state index contributed by atoms with van der Waals surface area (Å²) in [6.45, 7) is 4.17. The number of anilines is 1. The zero-order valence-electron chi connectivity index (χ0n) is 10.9. The molecule has 0 aliphatic rings. The van der Waals surface area contributed by atoms with Gasteiger partial charge in [-0.1, -0.05) is 26.0 Å². The van der Waals surface area contributed by atoms with Crippen LogP contribution in [0, 0.1) is 16.0 Å². The lowest BCUT2D eigenvalue weighted by molar-refractivity contribution is -0.384. The Kier molecular flexibility index (Phi) is 3.50. The van der Waals surface area contributed by atoms with Gasteiger partial charge in [-0.05, 0) is 12.3 Å². The lowest BCUT2D eigenvalue weighted by Crippen LogP contribution is -1.99. The molecule has 2 aromatic rings. The zero-order valence-corrected chi connectivity index (χ0v) is 10.9. The Hall–Kier alpha value is -2.37. The highest BCUT2D eigenvalue weighted by Gasteiger charge is 2.16. The van der Waals surface area contributed by atoms with Crippen molar-refractivity contribution in [1.29, 1.82) is 0 Å². The molecule has 1 aromatic heterocycles. The minimum Gasteiger partial charge on any atom is -0.382 e. The van der Waals surface area contributed by atoms with Crippen molar-refractivity contribution in [2.75, 3.05) is 5.73 Å². The van der Waals surface area contributed by atoms with Crippen molar-refractivity contribution in [3.05, 3.63) is 39.9 Å². The van der Waals surface area contributed by atoms with Gasteiger partial charge in [-0.25, -0.2) is 0 Å². The van der Waals surface area contributed by atoms with Crippen LogP contribution < -0.4 is 5.73 Å². The number of nitrogens with one attached hydrogen (secondary N) is 1. The SMILES string of the molecule is CC(C)Cc1c(N)n[nH]c1-c1cccc([N+](=O)[O-])c1. The topological polar surface area (TPSA) is 97.8 Å². The van der Waals surface area contributed by atoms with Gasteiger partial charge in [0.2, 0.25) is 0 Å². The number of benzene rings is 1. The molecule has 19 heavy (non-hydrogen) atoms. The summed E-state index contributed by atoms with van der Waals surface area (Å²) in [5, 5.41) is 17.7. The van der Waals surface area contributed by atoms with Crippen LogP contribution in [0.1, 0.15) is 19.4 Å². The third kappa shape index (κ3) is 2.73. The molecule has 6 nitrogen and oxygen atoms in total. The lowest BCUT2D eigenvalue weighted by Gasteiger charge is -2.07. The number of aromatic nitrogens is 2. The van der Waals surface area contributed by atoms with Crippen LogP contribution in [0.3, 0.4) is 0 Å². The average molecular weight is 260 g/mol. The zero-order chi connectivity index (χ0) is 14.0. The highest BCUT2D eigenvalue weighted by atomic mass is 16.6. The highest BCUT2D eigenvalue weighted by Crippen LogP contribution is 2.29. The van der Waals surface area contributed by atoms with Gasteiger partial charge < -0.3 is 5.73 Å². The summed E-state index contributed by atoms with van der Waals surface area (Å²) in [7, 11) is 0. The minimum atomic E-state index is -0.411. The number of nitro groups is 1. The van der Waals surface area contributed by atoms with E-state index in [9.17, 15) is 10.1 Å². The summed E-state index contributed by atoms with van der Waals surface area (Å²) in [6, 6.07) is 6.45. The molecule has 0 fully saturated rings. The molecule has 0 amide bonds. The molecule has 0 unspecified atom stereocenters. The van der Waals surface area contributed by atoms with E-state index in [2.05, 4.69) is 24.0 Å². The number of hydrogen-bond donors (Lipinski definition) is 2. The second-order valence-electron chi connectivity index (χ2n) is 4.87. The van der Waals surface area contributed by atoms with Crippen molar-refractivity contribution in [3.63, 3.8) is 0 Å². The minimum absolute atomic E-state index is 0.0566.